The number of hydrogen-bond donors (Lipinski definition) is 1. The number of carbonyl (C=O) groups excluding carboxylic acids is 1. The van der Waals surface area contributed by atoms with Gasteiger partial charge < -0.3 is 10.1 Å². The van der Waals surface area contributed by atoms with Gasteiger partial charge in [-0.2, -0.15) is 5.10 Å². The Labute approximate surface area is 166 Å². The molecular weight excluding hydrogens is 387 g/mol. The van der Waals surface area contributed by atoms with Crippen molar-refractivity contribution in [1.29, 1.82) is 0 Å². The molecule has 0 radical (unpaired) electrons. The molecule has 0 unspecified atom stereocenters. The number of rotatable bonds is 9. The number of amides is 1. The first-order valence-corrected chi connectivity index (χ1v) is 9.21. The van der Waals surface area contributed by atoms with Gasteiger partial charge in [-0.05, 0) is 30.5 Å². The van der Waals surface area contributed by atoms with Crippen molar-refractivity contribution in [2.75, 3.05) is 6.61 Å². The van der Waals surface area contributed by atoms with Crippen molar-refractivity contribution in [2.24, 2.45) is 0 Å². The lowest BCUT2D eigenvalue weighted by Gasteiger charge is -2.34. The summed E-state index contributed by atoms with van der Waals surface area (Å²) in [5.41, 5.74) is 2.51. The Bertz CT molecular complexity index is 830. The second kappa shape index (κ2) is 9.23. The number of nitrogens with one attached hydrogen (secondary N) is 1. The van der Waals surface area contributed by atoms with Crippen LogP contribution < -0.4 is 5.32 Å². The number of ether oxygens (including phenoxy) is 2. The Kier molecular flexibility index (Phi) is 6.71. The monoisotopic (exact) mass is 409 g/mol. The molecule has 1 N–H and O–H groups in total. The van der Waals surface area contributed by atoms with E-state index in [1.54, 1.807) is 10.9 Å². The molecule has 1 aliphatic rings. The zero-order valence-corrected chi connectivity index (χ0v) is 15.7. The first-order valence-electron chi connectivity index (χ1n) is 9.21. The maximum Gasteiger partial charge on any atom is 0.522 e. The number of para-hydroxylation sites is 1. The highest BCUT2D eigenvalue weighted by molar-refractivity contribution is 5.78. The molecule has 1 heterocycles. The number of aromatic nitrogens is 2. The molecule has 9 heteroatoms. The van der Waals surface area contributed by atoms with Crippen LogP contribution in [0.15, 0.2) is 55.0 Å². The molecule has 1 aromatic carbocycles. The van der Waals surface area contributed by atoms with Gasteiger partial charge >= 0.3 is 6.36 Å². The molecular formula is C20H22F3N3O3. The fourth-order valence-electron chi connectivity index (χ4n) is 2.93. The zero-order valence-electron chi connectivity index (χ0n) is 15.7. The van der Waals surface area contributed by atoms with E-state index in [1.165, 1.54) is 0 Å². The molecule has 0 aliphatic heterocycles. The molecule has 1 fully saturated rings. The van der Waals surface area contributed by atoms with Crippen molar-refractivity contribution < 1.29 is 27.4 Å². The highest BCUT2D eigenvalue weighted by Crippen LogP contribution is 2.31. The predicted molar refractivity (Wildman–Crippen MR) is 99.1 cm³/mol. The van der Waals surface area contributed by atoms with Gasteiger partial charge in [0.05, 0.1) is 24.1 Å². The van der Waals surface area contributed by atoms with Gasteiger partial charge in [0.2, 0.25) is 5.91 Å². The number of halogens is 3. The Morgan fingerprint density at radius 3 is 2.66 bits per heavy atom. The highest BCUT2D eigenvalue weighted by atomic mass is 19.4. The summed E-state index contributed by atoms with van der Waals surface area (Å²) in [6.07, 6.45) is -0.797. The Morgan fingerprint density at radius 2 is 1.97 bits per heavy atom. The summed E-state index contributed by atoms with van der Waals surface area (Å²) in [6, 6.07) is 9.71. The maximum atomic E-state index is 12.1. The number of nitrogens with zero attached hydrogens (tertiary/aromatic N) is 2. The van der Waals surface area contributed by atoms with Gasteiger partial charge in [-0.3, -0.25) is 9.53 Å². The lowest BCUT2D eigenvalue weighted by molar-refractivity contribution is -0.357. The summed E-state index contributed by atoms with van der Waals surface area (Å²) in [6.45, 7) is 3.60. The van der Waals surface area contributed by atoms with Gasteiger partial charge in [0.1, 0.15) is 6.61 Å². The largest absolute Gasteiger partial charge is 0.522 e. The van der Waals surface area contributed by atoms with E-state index in [4.69, 9.17) is 4.74 Å². The van der Waals surface area contributed by atoms with E-state index in [2.05, 4.69) is 21.7 Å². The number of benzene rings is 1. The van der Waals surface area contributed by atoms with Crippen LogP contribution in [0.1, 0.15) is 24.8 Å². The lowest BCUT2D eigenvalue weighted by Crippen LogP contribution is -2.42. The van der Waals surface area contributed by atoms with Gasteiger partial charge in [0.15, 0.2) is 0 Å². The highest BCUT2D eigenvalue weighted by Gasteiger charge is 2.40. The fourth-order valence-corrected chi connectivity index (χ4v) is 2.93. The third-order valence-corrected chi connectivity index (χ3v) is 4.49. The van der Waals surface area contributed by atoms with Crippen molar-refractivity contribution in [3.8, 4) is 5.69 Å². The van der Waals surface area contributed by atoms with E-state index in [0.717, 1.165) is 11.3 Å². The summed E-state index contributed by atoms with van der Waals surface area (Å²) in [5.74, 6) is -0.379. The van der Waals surface area contributed by atoms with E-state index in [0.29, 0.717) is 18.5 Å². The van der Waals surface area contributed by atoms with Gasteiger partial charge in [0.25, 0.3) is 0 Å². The van der Waals surface area contributed by atoms with Crippen LogP contribution >= 0.6 is 0 Å². The lowest BCUT2D eigenvalue weighted by atomic mass is 9.92. The molecule has 1 aromatic heterocycles. The minimum absolute atomic E-state index is 0.124. The second-order valence-electron chi connectivity index (χ2n) is 6.87. The molecule has 2 aromatic rings. The number of hydrogen-bond acceptors (Lipinski definition) is 4. The number of alkyl halides is 3. The van der Waals surface area contributed by atoms with Crippen molar-refractivity contribution in [1.82, 2.24) is 15.1 Å². The molecule has 0 spiro atoms. The topological polar surface area (TPSA) is 65.4 Å². The molecule has 0 bridgehead atoms. The second-order valence-corrected chi connectivity index (χ2v) is 6.87. The molecule has 29 heavy (non-hydrogen) atoms. The molecule has 3 rings (SSSR count). The van der Waals surface area contributed by atoms with E-state index in [1.807, 2.05) is 36.5 Å². The van der Waals surface area contributed by atoms with E-state index in [9.17, 15) is 18.0 Å². The van der Waals surface area contributed by atoms with Crippen LogP contribution in [-0.4, -0.2) is 40.9 Å². The summed E-state index contributed by atoms with van der Waals surface area (Å²) in [4.78, 5) is 11.9. The Morgan fingerprint density at radius 1 is 1.24 bits per heavy atom. The van der Waals surface area contributed by atoms with Crippen LogP contribution in [0.5, 0.6) is 0 Å². The minimum Gasteiger partial charge on any atom is -0.368 e. The predicted octanol–water partition coefficient (Wildman–Crippen LogP) is 3.52. The SMILES string of the molecule is C=C(CCc1cnn(-c2ccccc2)c1)NC(=O)COC1CC(OC(F)(F)F)C1. The number of carbonyl (C=O) groups is 1. The average Bonchev–Trinajstić information content (AvgIpc) is 3.10. The van der Waals surface area contributed by atoms with Crippen LogP contribution in [0.2, 0.25) is 0 Å². The average molecular weight is 409 g/mol. The van der Waals surface area contributed by atoms with E-state index in [-0.39, 0.29) is 25.4 Å². The van der Waals surface area contributed by atoms with Crippen molar-refractivity contribution >= 4 is 5.91 Å². The molecule has 0 atom stereocenters. The molecule has 1 aliphatic carbocycles. The van der Waals surface area contributed by atoms with E-state index < -0.39 is 18.6 Å². The fraction of sp³-hybridized carbons (Fsp3) is 0.400. The van der Waals surface area contributed by atoms with Crippen LogP contribution in [0.25, 0.3) is 5.69 Å². The summed E-state index contributed by atoms with van der Waals surface area (Å²) < 4.78 is 47.1. The quantitative estimate of drug-likeness (QED) is 0.688. The molecule has 6 nitrogen and oxygen atoms in total. The van der Waals surface area contributed by atoms with Gasteiger partial charge in [-0.25, -0.2) is 4.68 Å². The van der Waals surface area contributed by atoms with Gasteiger partial charge in [0, 0.05) is 24.7 Å². The van der Waals surface area contributed by atoms with Crippen molar-refractivity contribution in [3.05, 3.63) is 60.6 Å². The summed E-state index contributed by atoms with van der Waals surface area (Å²) in [5, 5.41) is 6.96. The number of allylic oxidation sites excluding steroid dienone is 1. The first kappa shape index (κ1) is 21.1. The first-order chi connectivity index (χ1) is 13.8. The molecule has 156 valence electrons. The van der Waals surface area contributed by atoms with Crippen LogP contribution in [-0.2, 0) is 20.7 Å². The molecule has 0 saturated heterocycles. The smallest absolute Gasteiger partial charge is 0.368 e. The minimum atomic E-state index is -4.64. The Balaban J connectivity index is 1.32. The van der Waals surface area contributed by atoms with Gasteiger partial charge in [-0.1, -0.05) is 24.8 Å². The maximum absolute atomic E-state index is 12.1. The third kappa shape index (κ3) is 6.72. The van der Waals surface area contributed by atoms with Crippen LogP contribution in [0.4, 0.5) is 13.2 Å². The third-order valence-electron chi connectivity index (χ3n) is 4.49. The van der Waals surface area contributed by atoms with E-state index >= 15 is 0 Å². The summed E-state index contributed by atoms with van der Waals surface area (Å²) in [7, 11) is 0. The standard InChI is InChI=1S/C20H22F3N3O3/c1-14(7-8-15-11-24-26(12-15)16-5-3-2-4-6-16)25-19(27)13-28-17-9-18(10-17)29-20(21,22)23/h2-6,11-12,17-18H,1,7-10,13H2,(H,25,27). The van der Waals surface area contributed by atoms with Gasteiger partial charge in [-0.15, -0.1) is 13.2 Å². The van der Waals surface area contributed by atoms with Crippen LogP contribution in [0, 0.1) is 0 Å². The van der Waals surface area contributed by atoms with Crippen LogP contribution in [0.3, 0.4) is 0 Å². The summed E-state index contributed by atoms with van der Waals surface area (Å²) >= 11 is 0. The van der Waals surface area contributed by atoms with Crippen molar-refractivity contribution in [3.63, 3.8) is 0 Å². The zero-order chi connectivity index (χ0) is 20.9. The molecule has 1 amide bonds. The molecule has 1 saturated carbocycles. The number of aryl methyl sites for hydroxylation is 1. The van der Waals surface area contributed by atoms with Crippen molar-refractivity contribution in [2.45, 2.75) is 44.3 Å². The Hall–Kier alpha value is -2.65. The normalized spacial score (nSPS) is 18.9.